The second-order valence-electron chi connectivity index (χ2n) is 5.18. The van der Waals surface area contributed by atoms with E-state index in [1.165, 1.54) is 6.07 Å². The van der Waals surface area contributed by atoms with Crippen LogP contribution in [0.1, 0.15) is 29.3 Å². The van der Waals surface area contributed by atoms with Gasteiger partial charge in [-0.3, -0.25) is 4.90 Å². The highest BCUT2D eigenvalue weighted by Crippen LogP contribution is 2.12. The lowest BCUT2D eigenvalue weighted by molar-refractivity contribution is 0.0696. The van der Waals surface area contributed by atoms with Crippen molar-refractivity contribution >= 4 is 5.97 Å². The molecule has 1 rings (SSSR count). The second-order valence-corrected chi connectivity index (χ2v) is 5.18. The second kappa shape index (κ2) is 7.97. The van der Waals surface area contributed by atoms with Crippen molar-refractivity contribution in [2.75, 3.05) is 33.7 Å². The molecule has 0 unspecified atom stereocenters. The van der Waals surface area contributed by atoms with Crippen molar-refractivity contribution in [2.24, 2.45) is 0 Å². The SMILES string of the molecule is CCN(CCCN(C)C)Cc1cc(F)cc(C(=O)O)c1. The van der Waals surface area contributed by atoms with E-state index in [0.717, 1.165) is 32.1 Å². The molecule has 0 aliphatic rings. The van der Waals surface area contributed by atoms with Gasteiger partial charge in [-0.25, -0.2) is 9.18 Å². The van der Waals surface area contributed by atoms with E-state index in [0.29, 0.717) is 12.1 Å². The molecule has 0 heterocycles. The maximum Gasteiger partial charge on any atom is 0.335 e. The minimum absolute atomic E-state index is 0.00402. The average molecular weight is 282 g/mol. The van der Waals surface area contributed by atoms with Crippen LogP contribution in [0.2, 0.25) is 0 Å². The fraction of sp³-hybridized carbons (Fsp3) is 0.533. The molecule has 0 spiro atoms. The van der Waals surface area contributed by atoms with Gasteiger partial charge in [0.2, 0.25) is 0 Å². The fourth-order valence-electron chi connectivity index (χ4n) is 2.08. The van der Waals surface area contributed by atoms with Crippen LogP contribution in [0, 0.1) is 5.82 Å². The first-order chi connectivity index (χ1) is 9.42. The number of rotatable bonds is 8. The third kappa shape index (κ3) is 5.67. The lowest BCUT2D eigenvalue weighted by Gasteiger charge is -2.21. The van der Waals surface area contributed by atoms with Crippen molar-refractivity contribution in [2.45, 2.75) is 19.9 Å². The highest BCUT2D eigenvalue weighted by molar-refractivity contribution is 5.87. The molecule has 0 saturated carbocycles. The molecule has 0 aromatic heterocycles. The molecule has 1 N–H and O–H groups in total. The quantitative estimate of drug-likeness (QED) is 0.794. The van der Waals surface area contributed by atoms with Crippen molar-refractivity contribution < 1.29 is 14.3 Å². The Kier molecular flexibility index (Phi) is 6.61. The predicted molar refractivity (Wildman–Crippen MR) is 77.5 cm³/mol. The topological polar surface area (TPSA) is 43.8 Å². The van der Waals surface area contributed by atoms with Gasteiger partial charge in [-0.15, -0.1) is 0 Å². The number of hydrogen-bond donors (Lipinski definition) is 1. The molecular formula is C15H23FN2O2. The monoisotopic (exact) mass is 282 g/mol. The van der Waals surface area contributed by atoms with Crippen LogP contribution in [0.3, 0.4) is 0 Å². The predicted octanol–water partition coefficient (Wildman–Crippen LogP) is 2.30. The molecule has 112 valence electrons. The van der Waals surface area contributed by atoms with Gasteiger partial charge in [-0.05, 0) is 63.9 Å². The summed E-state index contributed by atoms with van der Waals surface area (Å²) in [4.78, 5) is 15.2. The van der Waals surface area contributed by atoms with Gasteiger partial charge >= 0.3 is 5.97 Å². The summed E-state index contributed by atoms with van der Waals surface area (Å²) in [6.45, 7) is 5.38. The maximum atomic E-state index is 13.4. The number of nitrogens with zero attached hydrogens (tertiary/aromatic N) is 2. The Morgan fingerprint density at radius 3 is 2.50 bits per heavy atom. The molecule has 0 fully saturated rings. The highest BCUT2D eigenvalue weighted by Gasteiger charge is 2.10. The first-order valence-electron chi connectivity index (χ1n) is 6.82. The minimum Gasteiger partial charge on any atom is -0.478 e. The van der Waals surface area contributed by atoms with E-state index in [-0.39, 0.29) is 5.56 Å². The van der Waals surface area contributed by atoms with E-state index in [1.54, 1.807) is 6.07 Å². The summed E-state index contributed by atoms with van der Waals surface area (Å²) >= 11 is 0. The van der Waals surface area contributed by atoms with Crippen LogP contribution in [0.4, 0.5) is 4.39 Å². The van der Waals surface area contributed by atoms with Gasteiger partial charge in [0.05, 0.1) is 5.56 Å². The number of carboxylic acid groups (broad SMARTS) is 1. The van der Waals surface area contributed by atoms with E-state index < -0.39 is 11.8 Å². The number of carboxylic acids is 1. The number of halogens is 1. The molecule has 0 amide bonds. The number of benzene rings is 1. The Labute approximate surface area is 119 Å². The van der Waals surface area contributed by atoms with Crippen LogP contribution in [0.15, 0.2) is 18.2 Å². The number of carbonyl (C=O) groups is 1. The van der Waals surface area contributed by atoms with E-state index in [4.69, 9.17) is 5.11 Å². The Morgan fingerprint density at radius 2 is 1.95 bits per heavy atom. The molecule has 1 aromatic carbocycles. The Morgan fingerprint density at radius 1 is 1.25 bits per heavy atom. The third-order valence-electron chi connectivity index (χ3n) is 3.14. The average Bonchev–Trinajstić information content (AvgIpc) is 2.36. The lowest BCUT2D eigenvalue weighted by Crippen LogP contribution is -2.27. The molecule has 1 aromatic rings. The molecule has 0 radical (unpaired) electrons. The van der Waals surface area contributed by atoms with Gasteiger partial charge in [-0.1, -0.05) is 6.92 Å². The molecule has 5 heteroatoms. The van der Waals surface area contributed by atoms with Crippen LogP contribution >= 0.6 is 0 Å². The maximum absolute atomic E-state index is 13.4. The van der Waals surface area contributed by atoms with Gasteiger partial charge in [0.1, 0.15) is 5.82 Å². The largest absolute Gasteiger partial charge is 0.478 e. The summed E-state index contributed by atoms with van der Waals surface area (Å²) in [6, 6.07) is 4.00. The van der Waals surface area contributed by atoms with Gasteiger partial charge in [-0.2, -0.15) is 0 Å². The van der Waals surface area contributed by atoms with Crippen molar-refractivity contribution in [3.63, 3.8) is 0 Å². The number of aromatic carboxylic acids is 1. The molecule has 20 heavy (non-hydrogen) atoms. The zero-order valence-corrected chi connectivity index (χ0v) is 12.4. The number of hydrogen-bond acceptors (Lipinski definition) is 3. The Bertz CT molecular complexity index is 449. The first kappa shape index (κ1) is 16.6. The summed E-state index contributed by atoms with van der Waals surface area (Å²) < 4.78 is 13.4. The summed E-state index contributed by atoms with van der Waals surface area (Å²) in [5.41, 5.74) is 0.707. The minimum atomic E-state index is -1.10. The van der Waals surface area contributed by atoms with Crippen LogP contribution in [-0.4, -0.2) is 54.6 Å². The Hall–Kier alpha value is -1.46. The first-order valence-corrected chi connectivity index (χ1v) is 6.82. The van der Waals surface area contributed by atoms with Crippen LogP contribution < -0.4 is 0 Å². The standard InChI is InChI=1S/C15H23FN2O2/c1-4-18(7-5-6-17(2)3)11-12-8-13(15(19)20)10-14(16)9-12/h8-10H,4-7,11H2,1-3H3,(H,19,20). The summed E-state index contributed by atoms with van der Waals surface area (Å²) in [5.74, 6) is -1.59. The van der Waals surface area contributed by atoms with Gasteiger partial charge in [0.15, 0.2) is 0 Å². The normalized spacial score (nSPS) is 11.3. The summed E-state index contributed by atoms with van der Waals surface area (Å²) in [6.07, 6.45) is 1.03. The molecule has 0 saturated heterocycles. The van der Waals surface area contributed by atoms with E-state index >= 15 is 0 Å². The van der Waals surface area contributed by atoms with E-state index in [2.05, 4.69) is 9.80 Å². The van der Waals surface area contributed by atoms with Crippen LogP contribution in [0.5, 0.6) is 0 Å². The zero-order valence-electron chi connectivity index (χ0n) is 12.4. The fourth-order valence-corrected chi connectivity index (χ4v) is 2.08. The van der Waals surface area contributed by atoms with Crippen molar-refractivity contribution in [1.29, 1.82) is 0 Å². The van der Waals surface area contributed by atoms with Gasteiger partial charge < -0.3 is 10.0 Å². The van der Waals surface area contributed by atoms with Crippen LogP contribution in [-0.2, 0) is 6.54 Å². The van der Waals surface area contributed by atoms with Gasteiger partial charge in [0, 0.05) is 6.54 Å². The smallest absolute Gasteiger partial charge is 0.335 e. The van der Waals surface area contributed by atoms with Crippen LogP contribution in [0.25, 0.3) is 0 Å². The molecule has 0 bridgehead atoms. The molecule has 0 atom stereocenters. The van der Waals surface area contributed by atoms with Crippen molar-refractivity contribution in [3.8, 4) is 0 Å². The highest BCUT2D eigenvalue weighted by atomic mass is 19.1. The van der Waals surface area contributed by atoms with Gasteiger partial charge in [0.25, 0.3) is 0 Å². The van der Waals surface area contributed by atoms with Crippen molar-refractivity contribution in [3.05, 3.63) is 35.1 Å². The molecule has 0 aliphatic heterocycles. The molecule has 0 aliphatic carbocycles. The molecular weight excluding hydrogens is 259 g/mol. The zero-order chi connectivity index (χ0) is 15.1. The van der Waals surface area contributed by atoms with E-state index in [1.807, 2.05) is 21.0 Å². The molecule has 4 nitrogen and oxygen atoms in total. The van der Waals surface area contributed by atoms with E-state index in [9.17, 15) is 9.18 Å². The summed E-state index contributed by atoms with van der Waals surface area (Å²) in [7, 11) is 4.06. The Balaban J connectivity index is 2.67. The summed E-state index contributed by atoms with van der Waals surface area (Å²) in [5, 5.41) is 8.94. The van der Waals surface area contributed by atoms with Crippen molar-refractivity contribution in [1.82, 2.24) is 9.80 Å². The lowest BCUT2D eigenvalue weighted by atomic mass is 10.1. The third-order valence-corrected chi connectivity index (χ3v) is 3.14.